The second-order valence-electron chi connectivity index (χ2n) is 6.04. The minimum Gasteiger partial charge on any atom is -0.212 e. The van der Waals surface area contributed by atoms with E-state index in [2.05, 4.69) is 0 Å². The van der Waals surface area contributed by atoms with Crippen LogP contribution in [0.4, 0.5) is 0 Å². The normalized spacial score (nSPS) is 28.4. The Labute approximate surface area is 135 Å². The van der Waals surface area contributed by atoms with Crippen LogP contribution in [-0.4, -0.2) is 56.9 Å². The highest BCUT2D eigenvalue weighted by molar-refractivity contribution is 7.91. The molecule has 1 atom stereocenters. The summed E-state index contributed by atoms with van der Waals surface area (Å²) in [5, 5.41) is 1.74. The van der Waals surface area contributed by atoms with Gasteiger partial charge in [-0.1, -0.05) is 6.07 Å². The van der Waals surface area contributed by atoms with Crippen molar-refractivity contribution in [1.82, 2.24) is 8.61 Å². The molecule has 1 spiro atoms. The minimum absolute atomic E-state index is 0.264. The molecule has 0 aromatic carbocycles. The Morgan fingerprint density at radius 2 is 1.82 bits per heavy atom. The molecule has 0 saturated carbocycles. The molecule has 1 aromatic rings. The fraction of sp³-hybridized carbons (Fsp3) is 0.692. The molecule has 0 radical (unpaired) electrons. The number of hydrogen-bond donors (Lipinski definition) is 0. The van der Waals surface area contributed by atoms with Crippen LogP contribution in [0, 0.1) is 0 Å². The van der Waals surface area contributed by atoms with Crippen molar-refractivity contribution in [1.29, 1.82) is 0 Å². The maximum absolute atomic E-state index is 12.7. The average molecular weight is 365 g/mol. The van der Waals surface area contributed by atoms with Gasteiger partial charge < -0.3 is 0 Å². The molecular weight excluding hydrogens is 344 g/mol. The molecule has 2 aliphatic heterocycles. The van der Waals surface area contributed by atoms with E-state index in [1.165, 1.54) is 26.2 Å². The predicted octanol–water partition coefficient (Wildman–Crippen LogP) is 1.33. The van der Waals surface area contributed by atoms with Gasteiger partial charge in [0.25, 0.3) is 10.0 Å². The Hall–Kier alpha value is -0.480. The van der Waals surface area contributed by atoms with E-state index in [1.807, 2.05) is 0 Å². The van der Waals surface area contributed by atoms with Crippen LogP contribution >= 0.6 is 11.3 Å². The standard InChI is InChI=1S/C13H20N2O4S3/c1-21(16,17)15-9-4-7-13(15)6-3-8-14(11-13)22(18,19)12-5-2-10-20-12/h2,5,10H,3-4,6-9,11H2,1H3. The number of sulfonamides is 2. The van der Waals surface area contributed by atoms with E-state index in [4.69, 9.17) is 0 Å². The molecule has 124 valence electrons. The summed E-state index contributed by atoms with van der Waals surface area (Å²) in [5.41, 5.74) is -0.559. The lowest BCUT2D eigenvalue weighted by Gasteiger charge is -2.44. The SMILES string of the molecule is CS(=O)(=O)N1CCCC12CCCN(S(=O)(=O)c1cccs1)C2. The summed E-state index contributed by atoms with van der Waals surface area (Å²) in [5.74, 6) is 0. The van der Waals surface area contributed by atoms with Crippen LogP contribution in [0.2, 0.25) is 0 Å². The third-order valence-electron chi connectivity index (χ3n) is 4.54. The van der Waals surface area contributed by atoms with Crippen molar-refractivity contribution in [3.8, 4) is 0 Å². The molecule has 0 N–H and O–H groups in total. The summed E-state index contributed by atoms with van der Waals surface area (Å²) in [4.78, 5) is 0. The molecule has 2 fully saturated rings. The number of piperidine rings is 1. The summed E-state index contributed by atoms with van der Waals surface area (Å²) in [6.45, 7) is 1.21. The van der Waals surface area contributed by atoms with Crippen LogP contribution in [0.5, 0.6) is 0 Å². The van der Waals surface area contributed by atoms with Crippen molar-refractivity contribution in [3.05, 3.63) is 17.5 Å². The Balaban J connectivity index is 1.92. The topological polar surface area (TPSA) is 74.8 Å². The lowest BCUT2D eigenvalue weighted by Crippen LogP contribution is -2.57. The van der Waals surface area contributed by atoms with E-state index in [0.29, 0.717) is 23.7 Å². The molecule has 22 heavy (non-hydrogen) atoms. The van der Waals surface area contributed by atoms with Gasteiger partial charge in [0, 0.05) is 25.2 Å². The largest absolute Gasteiger partial charge is 0.252 e. The maximum atomic E-state index is 12.7. The fourth-order valence-corrected chi connectivity index (χ4v) is 7.76. The van der Waals surface area contributed by atoms with E-state index >= 15 is 0 Å². The van der Waals surface area contributed by atoms with Crippen molar-refractivity contribution in [2.75, 3.05) is 25.9 Å². The number of rotatable bonds is 3. The summed E-state index contributed by atoms with van der Waals surface area (Å²) in [7, 11) is -6.84. The van der Waals surface area contributed by atoms with Crippen LogP contribution in [0.3, 0.4) is 0 Å². The van der Waals surface area contributed by atoms with Crippen LogP contribution in [0.15, 0.2) is 21.7 Å². The van der Waals surface area contributed by atoms with Crippen molar-refractivity contribution < 1.29 is 16.8 Å². The van der Waals surface area contributed by atoms with Gasteiger partial charge in [0.1, 0.15) is 4.21 Å². The monoisotopic (exact) mass is 364 g/mol. The van der Waals surface area contributed by atoms with E-state index in [9.17, 15) is 16.8 Å². The molecule has 3 rings (SSSR count). The van der Waals surface area contributed by atoms with Crippen molar-refractivity contribution in [2.24, 2.45) is 0 Å². The molecule has 2 saturated heterocycles. The van der Waals surface area contributed by atoms with Crippen molar-refractivity contribution >= 4 is 31.4 Å². The zero-order valence-electron chi connectivity index (χ0n) is 12.4. The summed E-state index contributed by atoms with van der Waals surface area (Å²) in [6.07, 6.45) is 4.16. The van der Waals surface area contributed by atoms with Gasteiger partial charge in [0.15, 0.2) is 0 Å². The Bertz CT molecular complexity index is 742. The summed E-state index contributed by atoms with van der Waals surface area (Å²) >= 11 is 1.20. The zero-order valence-corrected chi connectivity index (χ0v) is 14.9. The Morgan fingerprint density at radius 1 is 1.14 bits per heavy atom. The first-order valence-corrected chi connectivity index (χ1v) is 11.4. The fourth-order valence-electron chi connectivity index (χ4n) is 3.65. The first-order chi connectivity index (χ1) is 10.3. The maximum Gasteiger partial charge on any atom is 0.252 e. The highest BCUT2D eigenvalue weighted by atomic mass is 32.2. The number of hydrogen-bond acceptors (Lipinski definition) is 5. The smallest absolute Gasteiger partial charge is 0.212 e. The van der Waals surface area contributed by atoms with Crippen molar-refractivity contribution in [2.45, 2.75) is 35.4 Å². The molecule has 0 amide bonds. The molecule has 9 heteroatoms. The summed E-state index contributed by atoms with van der Waals surface area (Å²) < 4.78 is 52.8. The van der Waals surface area contributed by atoms with E-state index < -0.39 is 25.6 Å². The van der Waals surface area contributed by atoms with Gasteiger partial charge in [0.05, 0.1) is 6.26 Å². The zero-order chi connectivity index (χ0) is 16.0. The molecule has 0 aliphatic carbocycles. The second-order valence-corrected chi connectivity index (χ2v) is 11.1. The van der Waals surface area contributed by atoms with Gasteiger partial charge in [-0.2, -0.15) is 8.61 Å². The molecule has 6 nitrogen and oxygen atoms in total. The highest BCUT2D eigenvalue weighted by Crippen LogP contribution is 2.40. The van der Waals surface area contributed by atoms with Crippen LogP contribution in [-0.2, 0) is 20.0 Å². The van der Waals surface area contributed by atoms with Gasteiger partial charge in [-0.3, -0.25) is 0 Å². The lowest BCUT2D eigenvalue weighted by atomic mass is 9.89. The van der Waals surface area contributed by atoms with Gasteiger partial charge >= 0.3 is 0 Å². The Morgan fingerprint density at radius 3 is 2.41 bits per heavy atom. The molecular formula is C13H20N2O4S3. The quantitative estimate of drug-likeness (QED) is 0.811. The number of thiophene rings is 1. The van der Waals surface area contributed by atoms with Gasteiger partial charge in [0.2, 0.25) is 10.0 Å². The first kappa shape index (κ1) is 16.4. The van der Waals surface area contributed by atoms with Crippen LogP contribution < -0.4 is 0 Å². The first-order valence-electron chi connectivity index (χ1n) is 7.27. The number of nitrogens with zero attached hydrogens (tertiary/aromatic N) is 2. The van der Waals surface area contributed by atoms with E-state index in [1.54, 1.807) is 17.5 Å². The summed E-state index contributed by atoms with van der Waals surface area (Å²) in [6, 6.07) is 3.32. The molecule has 0 bridgehead atoms. The molecule has 1 aromatic heterocycles. The molecule has 2 aliphatic rings. The van der Waals surface area contributed by atoms with Crippen LogP contribution in [0.25, 0.3) is 0 Å². The average Bonchev–Trinajstić information content (AvgIpc) is 3.08. The van der Waals surface area contributed by atoms with Crippen LogP contribution in [0.1, 0.15) is 25.7 Å². The lowest BCUT2D eigenvalue weighted by molar-refractivity contribution is 0.138. The van der Waals surface area contributed by atoms with Gasteiger partial charge in [-0.05, 0) is 37.1 Å². The van der Waals surface area contributed by atoms with Crippen molar-refractivity contribution in [3.63, 3.8) is 0 Å². The molecule has 1 unspecified atom stereocenters. The highest BCUT2D eigenvalue weighted by Gasteiger charge is 2.50. The third-order valence-corrected chi connectivity index (χ3v) is 9.13. The third kappa shape index (κ3) is 2.73. The van der Waals surface area contributed by atoms with E-state index in [0.717, 1.165) is 19.3 Å². The van der Waals surface area contributed by atoms with E-state index in [-0.39, 0.29) is 6.54 Å². The second kappa shape index (κ2) is 5.55. The minimum atomic E-state index is -3.52. The molecule has 3 heterocycles. The van der Waals surface area contributed by atoms with Gasteiger partial charge in [-0.25, -0.2) is 16.8 Å². The predicted molar refractivity (Wildman–Crippen MR) is 85.8 cm³/mol. The Kier molecular flexibility index (Phi) is 4.14. The van der Waals surface area contributed by atoms with Gasteiger partial charge in [-0.15, -0.1) is 11.3 Å².